The minimum atomic E-state index is -0.135. The zero-order chi connectivity index (χ0) is 12.0. The van der Waals surface area contributed by atoms with Gasteiger partial charge in [-0.2, -0.15) is 0 Å². The Morgan fingerprint density at radius 1 is 1.19 bits per heavy atom. The van der Waals surface area contributed by atoms with Crippen LogP contribution in [0.15, 0.2) is 0 Å². The molecule has 0 heterocycles. The molecule has 96 valence electrons. The van der Waals surface area contributed by atoms with Crippen LogP contribution in [0.1, 0.15) is 58.8 Å². The number of hydrogen-bond acceptors (Lipinski definition) is 2. The predicted octanol–water partition coefficient (Wildman–Crippen LogP) is 2.97. The quantitative estimate of drug-likeness (QED) is 0.734. The van der Waals surface area contributed by atoms with Crippen LogP contribution in [0, 0.1) is 17.8 Å². The molecule has 0 spiro atoms. The minimum absolute atomic E-state index is 0.135. The summed E-state index contributed by atoms with van der Waals surface area (Å²) in [6.07, 6.45) is 7.60. The van der Waals surface area contributed by atoms with Gasteiger partial charge in [-0.3, -0.25) is 0 Å². The van der Waals surface area contributed by atoms with Gasteiger partial charge in [0.05, 0.1) is 6.10 Å². The molecule has 0 radical (unpaired) electrons. The Morgan fingerprint density at radius 2 is 1.81 bits per heavy atom. The summed E-state index contributed by atoms with van der Waals surface area (Å²) in [7, 11) is 0. The summed E-state index contributed by atoms with van der Waals surface area (Å²) in [6.45, 7) is 4.71. The van der Waals surface area contributed by atoms with Crippen LogP contribution in [0.5, 0.6) is 0 Å². The van der Waals surface area contributed by atoms with Crippen molar-refractivity contribution >= 4 is 0 Å². The molecule has 2 nitrogen and oxygen atoms in total. The zero-order valence-electron chi connectivity index (χ0n) is 10.9. The second-order valence-corrected chi connectivity index (χ2v) is 5.61. The number of aliphatic hydroxyl groups excluding tert-OH is 2. The van der Waals surface area contributed by atoms with E-state index in [4.69, 9.17) is 5.11 Å². The molecule has 0 aliphatic heterocycles. The largest absolute Gasteiger partial charge is 0.396 e. The van der Waals surface area contributed by atoms with E-state index >= 15 is 0 Å². The second kappa shape index (κ2) is 7.29. The Kier molecular flexibility index (Phi) is 6.37. The van der Waals surface area contributed by atoms with Crippen molar-refractivity contribution < 1.29 is 10.2 Å². The molecular formula is C14H28O2. The molecule has 0 aromatic rings. The van der Waals surface area contributed by atoms with Crippen LogP contribution in [-0.2, 0) is 0 Å². The van der Waals surface area contributed by atoms with Gasteiger partial charge in [0, 0.05) is 6.61 Å². The Bertz CT molecular complexity index is 174. The maximum absolute atomic E-state index is 10.2. The highest BCUT2D eigenvalue weighted by atomic mass is 16.3. The number of aliphatic hydroxyl groups is 2. The molecule has 2 heteroatoms. The van der Waals surface area contributed by atoms with Gasteiger partial charge in [-0.15, -0.1) is 0 Å². The van der Waals surface area contributed by atoms with Gasteiger partial charge in [0.2, 0.25) is 0 Å². The lowest BCUT2D eigenvalue weighted by atomic mass is 9.77. The summed E-state index contributed by atoms with van der Waals surface area (Å²) in [5.74, 6) is 1.87. The third-order valence-electron chi connectivity index (χ3n) is 4.29. The molecule has 1 rings (SSSR count). The molecule has 0 amide bonds. The zero-order valence-corrected chi connectivity index (χ0v) is 10.9. The number of rotatable bonds is 6. The fourth-order valence-electron chi connectivity index (χ4n) is 2.88. The summed E-state index contributed by atoms with van der Waals surface area (Å²) in [6, 6.07) is 0. The van der Waals surface area contributed by atoms with Gasteiger partial charge in [-0.1, -0.05) is 33.1 Å². The molecular weight excluding hydrogens is 200 g/mol. The molecule has 2 atom stereocenters. The highest BCUT2D eigenvalue weighted by Gasteiger charge is 2.26. The molecule has 0 saturated heterocycles. The van der Waals surface area contributed by atoms with E-state index < -0.39 is 0 Å². The lowest BCUT2D eigenvalue weighted by Gasteiger charge is -2.31. The molecule has 0 aromatic heterocycles. The van der Waals surface area contributed by atoms with E-state index in [2.05, 4.69) is 13.8 Å². The molecule has 16 heavy (non-hydrogen) atoms. The Hall–Kier alpha value is -0.0800. The van der Waals surface area contributed by atoms with Gasteiger partial charge in [-0.25, -0.2) is 0 Å². The van der Waals surface area contributed by atoms with E-state index in [-0.39, 0.29) is 12.7 Å². The first kappa shape index (κ1) is 14.0. The van der Waals surface area contributed by atoms with E-state index in [1.165, 1.54) is 25.7 Å². The van der Waals surface area contributed by atoms with Crippen molar-refractivity contribution in [1.82, 2.24) is 0 Å². The molecule has 1 fully saturated rings. The molecule has 2 unspecified atom stereocenters. The highest BCUT2D eigenvalue weighted by molar-refractivity contribution is 4.77. The average molecular weight is 228 g/mol. The van der Waals surface area contributed by atoms with Crippen molar-refractivity contribution in [3.8, 4) is 0 Å². The van der Waals surface area contributed by atoms with E-state index in [1.807, 2.05) is 0 Å². The Morgan fingerprint density at radius 3 is 2.31 bits per heavy atom. The van der Waals surface area contributed by atoms with Crippen LogP contribution in [-0.4, -0.2) is 22.9 Å². The molecule has 0 aromatic carbocycles. The van der Waals surface area contributed by atoms with E-state index in [1.54, 1.807) is 0 Å². The van der Waals surface area contributed by atoms with Crippen LogP contribution in [0.3, 0.4) is 0 Å². The summed E-state index contributed by atoms with van der Waals surface area (Å²) in [5, 5.41) is 19.2. The maximum atomic E-state index is 10.2. The van der Waals surface area contributed by atoms with Gasteiger partial charge in [-0.05, 0) is 43.4 Å². The summed E-state index contributed by atoms with van der Waals surface area (Å²) in [4.78, 5) is 0. The molecule has 1 aliphatic rings. The lowest BCUT2D eigenvalue weighted by molar-refractivity contribution is 0.0504. The van der Waals surface area contributed by atoms with E-state index in [0.29, 0.717) is 11.8 Å². The smallest absolute Gasteiger partial charge is 0.0571 e. The summed E-state index contributed by atoms with van der Waals surface area (Å²) >= 11 is 0. The van der Waals surface area contributed by atoms with Crippen LogP contribution in [0.2, 0.25) is 0 Å². The van der Waals surface area contributed by atoms with Crippen molar-refractivity contribution in [3.05, 3.63) is 0 Å². The fourth-order valence-corrected chi connectivity index (χ4v) is 2.88. The minimum Gasteiger partial charge on any atom is -0.396 e. The van der Waals surface area contributed by atoms with Gasteiger partial charge < -0.3 is 10.2 Å². The van der Waals surface area contributed by atoms with Gasteiger partial charge in [0.1, 0.15) is 0 Å². The predicted molar refractivity (Wildman–Crippen MR) is 67.2 cm³/mol. The highest BCUT2D eigenvalue weighted by Crippen LogP contribution is 2.33. The van der Waals surface area contributed by atoms with Crippen molar-refractivity contribution in [2.24, 2.45) is 17.8 Å². The van der Waals surface area contributed by atoms with Crippen LogP contribution in [0.25, 0.3) is 0 Å². The van der Waals surface area contributed by atoms with Crippen LogP contribution < -0.4 is 0 Å². The van der Waals surface area contributed by atoms with Gasteiger partial charge in [0.25, 0.3) is 0 Å². The van der Waals surface area contributed by atoms with Crippen LogP contribution in [0.4, 0.5) is 0 Å². The van der Waals surface area contributed by atoms with Gasteiger partial charge in [0.15, 0.2) is 0 Å². The first-order valence-corrected chi connectivity index (χ1v) is 6.96. The molecule has 1 saturated carbocycles. The van der Waals surface area contributed by atoms with Crippen molar-refractivity contribution in [2.45, 2.75) is 64.9 Å². The summed E-state index contributed by atoms with van der Waals surface area (Å²) < 4.78 is 0. The normalized spacial score (nSPS) is 30.0. The maximum Gasteiger partial charge on any atom is 0.0571 e. The van der Waals surface area contributed by atoms with Crippen LogP contribution >= 0.6 is 0 Å². The average Bonchev–Trinajstić information content (AvgIpc) is 2.29. The van der Waals surface area contributed by atoms with E-state index in [0.717, 1.165) is 25.2 Å². The van der Waals surface area contributed by atoms with Crippen molar-refractivity contribution in [1.29, 1.82) is 0 Å². The number of hydrogen-bond donors (Lipinski definition) is 2. The third kappa shape index (κ3) is 4.42. The summed E-state index contributed by atoms with van der Waals surface area (Å²) in [5.41, 5.74) is 0. The van der Waals surface area contributed by atoms with Crippen molar-refractivity contribution in [3.63, 3.8) is 0 Å². The molecule has 1 aliphatic carbocycles. The monoisotopic (exact) mass is 228 g/mol. The Labute approximate surface area is 100 Å². The van der Waals surface area contributed by atoms with Gasteiger partial charge >= 0.3 is 0 Å². The third-order valence-corrected chi connectivity index (χ3v) is 4.29. The van der Waals surface area contributed by atoms with Crippen molar-refractivity contribution in [2.75, 3.05) is 6.61 Å². The lowest BCUT2D eigenvalue weighted by Crippen LogP contribution is -2.27. The molecule has 0 bridgehead atoms. The first-order valence-electron chi connectivity index (χ1n) is 6.96. The second-order valence-electron chi connectivity index (χ2n) is 5.61. The topological polar surface area (TPSA) is 40.5 Å². The standard InChI is InChI=1S/C14H28O2/c1-3-12(8-9-15)10-14(16)13-6-4-11(2)5-7-13/h11-16H,3-10H2,1-2H3. The molecule has 2 N–H and O–H groups in total. The Balaban J connectivity index is 2.30. The van der Waals surface area contributed by atoms with E-state index in [9.17, 15) is 5.11 Å². The SMILES string of the molecule is CCC(CCO)CC(O)C1CCC(C)CC1. The first-order chi connectivity index (χ1) is 7.67. The fraction of sp³-hybridized carbons (Fsp3) is 1.00.